The Morgan fingerprint density at radius 1 is 1.44 bits per heavy atom. The van der Waals surface area contributed by atoms with Crippen molar-refractivity contribution in [2.75, 3.05) is 0 Å². The average molecular weight is 313 g/mol. The first-order valence-electron chi connectivity index (χ1n) is 5.77. The molecule has 1 aromatic heterocycles. The fourth-order valence-corrected chi connectivity index (χ4v) is 1.88. The maximum Gasteiger partial charge on any atom is 0.141 e. The normalized spacial score (nSPS) is 10.6. The summed E-state index contributed by atoms with van der Waals surface area (Å²) in [5, 5.41) is 0. The Bertz CT molecular complexity index is 527. The molecule has 0 saturated heterocycles. The van der Waals surface area contributed by atoms with Crippen LogP contribution in [0.15, 0.2) is 35.2 Å². The molecule has 0 amide bonds. The lowest BCUT2D eigenvalue weighted by atomic mass is 10.3. The van der Waals surface area contributed by atoms with E-state index in [1.54, 1.807) is 24.7 Å². The molecule has 3 nitrogen and oxygen atoms in total. The maximum absolute atomic E-state index is 13.3. The predicted molar refractivity (Wildman–Crippen MR) is 71.0 cm³/mol. The molecule has 0 bridgehead atoms. The Labute approximate surface area is 114 Å². The monoisotopic (exact) mass is 312 g/mol. The van der Waals surface area contributed by atoms with Crippen LogP contribution in [0, 0.1) is 5.82 Å². The van der Waals surface area contributed by atoms with E-state index in [9.17, 15) is 4.39 Å². The van der Waals surface area contributed by atoms with Crippen LogP contribution in [-0.2, 0) is 13.2 Å². The molecule has 0 unspecified atom stereocenters. The highest BCUT2D eigenvalue weighted by molar-refractivity contribution is 9.10. The van der Waals surface area contributed by atoms with E-state index in [-0.39, 0.29) is 5.82 Å². The number of halogens is 2. The first kappa shape index (κ1) is 13.1. The summed E-state index contributed by atoms with van der Waals surface area (Å²) in [6.07, 6.45) is 4.59. The third-order valence-electron chi connectivity index (χ3n) is 2.54. The smallest absolute Gasteiger partial charge is 0.141 e. The molecule has 1 heterocycles. The molecule has 0 aliphatic rings. The summed E-state index contributed by atoms with van der Waals surface area (Å²) in [6, 6.07) is 4.73. The van der Waals surface area contributed by atoms with Gasteiger partial charge < -0.3 is 9.30 Å². The van der Waals surface area contributed by atoms with E-state index in [1.807, 2.05) is 4.57 Å². The Kier molecular flexibility index (Phi) is 4.36. The molecule has 0 fully saturated rings. The van der Waals surface area contributed by atoms with Crippen molar-refractivity contribution in [3.8, 4) is 5.75 Å². The number of hydrogen-bond acceptors (Lipinski definition) is 2. The van der Waals surface area contributed by atoms with Crippen molar-refractivity contribution in [3.63, 3.8) is 0 Å². The minimum absolute atomic E-state index is 0.324. The third-order valence-corrected chi connectivity index (χ3v) is 3.18. The second kappa shape index (κ2) is 6.00. The number of aromatic nitrogens is 2. The van der Waals surface area contributed by atoms with E-state index in [0.29, 0.717) is 16.8 Å². The number of aryl methyl sites for hydroxylation is 1. The molecule has 1 aromatic carbocycles. The SMILES string of the molecule is CCCn1cncc1COc1ccc(Br)c(F)c1. The van der Waals surface area contributed by atoms with Gasteiger partial charge in [0.25, 0.3) is 0 Å². The molecular weight excluding hydrogens is 299 g/mol. The number of imidazole rings is 1. The zero-order chi connectivity index (χ0) is 13.0. The molecular formula is C13H14BrFN2O. The van der Waals surface area contributed by atoms with Crippen molar-refractivity contribution in [2.24, 2.45) is 0 Å². The summed E-state index contributed by atoms with van der Waals surface area (Å²) in [5.74, 6) is 0.189. The zero-order valence-electron chi connectivity index (χ0n) is 10.1. The molecule has 18 heavy (non-hydrogen) atoms. The van der Waals surface area contributed by atoms with Crippen LogP contribution in [0.25, 0.3) is 0 Å². The van der Waals surface area contributed by atoms with Gasteiger partial charge in [0.1, 0.15) is 18.2 Å². The second-order valence-electron chi connectivity index (χ2n) is 3.94. The van der Waals surface area contributed by atoms with Gasteiger partial charge in [-0.15, -0.1) is 0 Å². The van der Waals surface area contributed by atoms with Crippen molar-refractivity contribution in [1.82, 2.24) is 9.55 Å². The Hall–Kier alpha value is -1.36. The molecule has 0 aliphatic carbocycles. The lowest BCUT2D eigenvalue weighted by Crippen LogP contribution is -2.05. The first-order chi connectivity index (χ1) is 8.70. The quantitative estimate of drug-likeness (QED) is 0.840. The van der Waals surface area contributed by atoms with Crippen LogP contribution in [0.1, 0.15) is 19.0 Å². The highest BCUT2D eigenvalue weighted by atomic mass is 79.9. The summed E-state index contributed by atoms with van der Waals surface area (Å²) in [5.41, 5.74) is 0.986. The summed E-state index contributed by atoms with van der Waals surface area (Å²) in [6.45, 7) is 3.41. The third kappa shape index (κ3) is 3.10. The van der Waals surface area contributed by atoms with Gasteiger partial charge in [-0.1, -0.05) is 6.92 Å². The standard InChI is InChI=1S/C13H14BrFN2O/c1-2-5-17-9-16-7-10(17)8-18-11-3-4-12(14)13(15)6-11/h3-4,6-7,9H,2,5,8H2,1H3. The molecule has 2 rings (SSSR count). The van der Waals surface area contributed by atoms with Crippen LogP contribution in [0.4, 0.5) is 4.39 Å². The van der Waals surface area contributed by atoms with Gasteiger partial charge in [-0.25, -0.2) is 9.37 Å². The molecule has 0 aliphatic heterocycles. The molecule has 2 aromatic rings. The lowest BCUT2D eigenvalue weighted by Gasteiger charge is -2.09. The van der Waals surface area contributed by atoms with Gasteiger partial charge in [0.05, 0.1) is 22.7 Å². The van der Waals surface area contributed by atoms with Gasteiger partial charge in [-0.3, -0.25) is 0 Å². The minimum Gasteiger partial charge on any atom is -0.487 e. The van der Waals surface area contributed by atoms with Crippen LogP contribution >= 0.6 is 15.9 Å². The van der Waals surface area contributed by atoms with Gasteiger partial charge in [-0.2, -0.15) is 0 Å². The summed E-state index contributed by atoms with van der Waals surface area (Å²) in [7, 11) is 0. The number of rotatable bonds is 5. The fourth-order valence-electron chi connectivity index (χ4n) is 1.63. The first-order valence-corrected chi connectivity index (χ1v) is 6.57. The number of nitrogens with zero attached hydrogens (tertiary/aromatic N) is 2. The van der Waals surface area contributed by atoms with Crippen molar-refractivity contribution in [2.45, 2.75) is 26.5 Å². The molecule has 0 N–H and O–H groups in total. The van der Waals surface area contributed by atoms with Crippen molar-refractivity contribution >= 4 is 15.9 Å². The van der Waals surface area contributed by atoms with Crippen LogP contribution < -0.4 is 4.74 Å². The summed E-state index contributed by atoms with van der Waals surface area (Å²) >= 11 is 3.11. The Balaban J connectivity index is 2.02. The molecule has 96 valence electrons. The second-order valence-corrected chi connectivity index (χ2v) is 4.80. The van der Waals surface area contributed by atoms with Gasteiger partial charge in [-0.05, 0) is 34.5 Å². The van der Waals surface area contributed by atoms with E-state index in [0.717, 1.165) is 18.7 Å². The largest absolute Gasteiger partial charge is 0.487 e. The summed E-state index contributed by atoms with van der Waals surface area (Å²) in [4.78, 5) is 4.09. The van der Waals surface area contributed by atoms with E-state index >= 15 is 0 Å². The molecule has 5 heteroatoms. The average Bonchev–Trinajstić information content (AvgIpc) is 2.79. The van der Waals surface area contributed by atoms with Crippen LogP contribution in [0.2, 0.25) is 0 Å². The highest BCUT2D eigenvalue weighted by Gasteiger charge is 2.04. The lowest BCUT2D eigenvalue weighted by molar-refractivity contribution is 0.293. The maximum atomic E-state index is 13.3. The summed E-state index contributed by atoms with van der Waals surface area (Å²) < 4.78 is 21.3. The molecule has 0 radical (unpaired) electrons. The highest BCUT2D eigenvalue weighted by Crippen LogP contribution is 2.21. The zero-order valence-corrected chi connectivity index (χ0v) is 11.7. The van der Waals surface area contributed by atoms with Crippen LogP contribution in [0.5, 0.6) is 5.75 Å². The van der Waals surface area contributed by atoms with E-state index in [1.165, 1.54) is 6.07 Å². The van der Waals surface area contributed by atoms with Crippen molar-refractivity contribution in [1.29, 1.82) is 0 Å². The van der Waals surface area contributed by atoms with Gasteiger partial charge >= 0.3 is 0 Å². The van der Waals surface area contributed by atoms with Gasteiger partial charge in [0.2, 0.25) is 0 Å². The van der Waals surface area contributed by atoms with Crippen molar-refractivity contribution < 1.29 is 9.13 Å². The Morgan fingerprint density at radius 2 is 2.28 bits per heavy atom. The molecule has 0 atom stereocenters. The number of ether oxygens (including phenoxy) is 1. The predicted octanol–water partition coefficient (Wildman–Crippen LogP) is 3.77. The van der Waals surface area contributed by atoms with Gasteiger partial charge in [0.15, 0.2) is 0 Å². The van der Waals surface area contributed by atoms with E-state index in [2.05, 4.69) is 27.8 Å². The number of benzene rings is 1. The minimum atomic E-state index is -0.324. The topological polar surface area (TPSA) is 27.1 Å². The Morgan fingerprint density at radius 3 is 3.00 bits per heavy atom. The van der Waals surface area contributed by atoms with Gasteiger partial charge in [0, 0.05) is 12.6 Å². The van der Waals surface area contributed by atoms with E-state index in [4.69, 9.17) is 4.74 Å². The van der Waals surface area contributed by atoms with Crippen molar-refractivity contribution in [3.05, 3.63) is 46.7 Å². The van der Waals surface area contributed by atoms with Crippen LogP contribution in [0.3, 0.4) is 0 Å². The van der Waals surface area contributed by atoms with Crippen LogP contribution in [-0.4, -0.2) is 9.55 Å². The van der Waals surface area contributed by atoms with E-state index < -0.39 is 0 Å². The molecule has 0 spiro atoms. The fraction of sp³-hybridized carbons (Fsp3) is 0.308. The number of hydrogen-bond donors (Lipinski definition) is 0. The molecule has 0 saturated carbocycles.